The predicted molar refractivity (Wildman–Crippen MR) is 122 cm³/mol. The van der Waals surface area contributed by atoms with Gasteiger partial charge in [-0.2, -0.15) is 4.31 Å². The summed E-state index contributed by atoms with van der Waals surface area (Å²) in [6.07, 6.45) is 0.659. The van der Waals surface area contributed by atoms with Crippen molar-refractivity contribution >= 4 is 27.0 Å². The van der Waals surface area contributed by atoms with E-state index in [9.17, 15) is 17.6 Å². The molecule has 0 saturated carbocycles. The number of carbonyl (C=O) groups is 1. The number of benzene rings is 2. The number of carbonyl (C=O) groups excluding carboxylic acids is 1. The van der Waals surface area contributed by atoms with Crippen LogP contribution in [0.3, 0.4) is 0 Å². The summed E-state index contributed by atoms with van der Waals surface area (Å²) in [6.45, 7) is 4.41. The number of halogens is 1. The van der Waals surface area contributed by atoms with Gasteiger partial charge >= 0.3 is 0 Å². The van der Waals surface area contributed by atoms with Crippen LogP contribution in [0.4, 0.5) is 4.39 Å². The zero-order valence-electron chi connectivity index (χ0n) is 18.5. The van der Waals surface area contributed by atoms with Gasteiger partial charge in [0.1, 0.15) is 11.6 Å². The molecule has 1 N–H and O–H groups in total. The summed E-state index contributed by atoms with van der Waals surface area (Å²) in [5.74, 6) is 0.277. The van der Waals surface area contributed by atoms with Crippen molar-refractivity contribution < 1.29 is 22.3 Å². The molecule has 1 aliphatic rings. The Kier molecular flexibility index (Phi) is 7.06. The Morgan fingerprint density at radius 1 is 1.15 bits per heavy atom. The number of ether oxygens (including phenoxy) is 1. The average molecular weight is 475 g/mol. The molecule has 0 aliphatic carbocycles. The molecule has 1 saturated heterocycles. The summed E-state index contributed by atoms with van der Waals surface area (Å²) in [4.78, 5) is 17.2. The minimum Gasteiger partial charge on any atom is -0.379 e. The number of morpholine rings is 1. The maximum atomic E-state index is 13.0. The molecule has 2 heterocycles. The van der Waals surface area contributed by atoms with Crippen molar-refractivity contribution in [3.05, 3.63) is 59.7 Å². The third-order valence-electron chi connectivity index (χ3n) is 5.70. The van der Waals surface area contributed by atoms with E-state index >= 15 is 0 Å². The molecular weight excluding hydrogens is 447 g/mol. The standard InChI is InChI=1S/C23H27FN4O4S/c1-2-28-21-8-7-19(33(30,31)27-11-13-32-14-12-27)15-20(21)26-22(28)9-10-23(29)25-16-17-3-5-18(24)6-4-17/h3-8,15H,2,9-14,16H2,1H3,(H,25,29). The van der Waals surface area contributed by atoms with E-state index in [-0.39, 0.29) is 23.0 Å². The Morgan fingerprint density at radius 3 is 2.58 bits per heavy atom. The predicted octanol–water partition coefficient (Wildman–Crippen LogP) is 2.47. The Hall–Kier alpha value is -2.82. The largest absolute Gasteiger partial charge is 0.379 e. The first-order valence-corrected chi connectivity index (χ1v) is 12.4. The maximum Gasteiger partial charge on any atom is 0.243 e. The molecule has 0 spiro atoms. The van der Waals surface area contributed by atoms with Gasteiger partial charge in [0.05, 0.1) is 29.1 Å². The fourth-order valence-electron chi connectivity index (χ4n) is 3.92. The average Bonchev–Trinajstić information content (AvgIpc) is 3.19. The lowest BCUT2D eigenvalue weighted by atomic mass is 10.2. The van der Waals surface area contributed by atoms with Gasteiger partial charge in [0.15, 0.2) is 0 Å². The first kappa shape index (κ1) is 23.3. The van der Waals surface area contributed by atoms with Gasteiger partial charge in [-0.25, -0.2) is 17.8 Å². The van der Waals surface area contributed by atoms with Gasteiger partial charge in [0.25, 0.3) is 0 Å². The van der Waals surface area contributed by atoms with E-state index in [1.54, 1.807) is 30.3 Å². The fraction of sp³-hybridized carbons (Fsp3) is 0.391. The van der Waals surface area contributed by atoms with Crippen LogP contribution in [0.1, 0.15) is 24.7 Å². The Morgan fingerprint density at radius 2 is 1.88 bits per heavy atom. The van der Waals surface area contributed by atoms with Gasteiger partial charge in [0, 0.05) is 39.0 Å². The summed E-state index contributed by atoms with van der Waals surface area (Å²) in [7, 11) is -3.61. The molecule has 4 rings (SSSR count). The number of aryl methyl sites for hydroxylation is 2. The first-order chi connectivity index (χ1) is 15.9. The van der Waals surface area contributed by atoms with E-state index in [2.05, 4.69) is 10.3 Å². The Bertz CT molecular complexity index is 1240. The number of aromatic nitrogens is 2. The number of rotatable bonds is 8. The van der Waals surface area contributed by atoms with Gasteiger partial charge in [0.2, 0.25) is 15.9 Å². The molecule has 1 amide bonds. The number of sulfonamides is 1. The molecule has 1 fully saturated rings. The van der Waals surface area contributed by atoms with Crippen molar-refractivity contribution in [2.24, 2.45) is 0 Å². The Labute approximate surface area is 192 Å². The molecule has 8 nitrogen and oxygen atoms in total. The van der Waals surface area contributed by atoms with E-state index in [1.807, 2.05) is 11.5 Å². The third-order valence-corrected chi connectivity index (χ3v) is 7.60. The van der Waals surface area contributed by atoms with E-state index in [4.69, 9.17) is 4.74 Å². The molecule has 0 unspecified atom stereocenters. The normalized spacial score (nSPS) is 15.1. The molecule has 0 radical (unpaired) electrons. The topological polar surface area (TPSA) is 93.5 Å². The first-order valence-electron chi connectivity index (χ1n) is 11.0. The number of nitrogens with zero attached hydrogens (tertiary/aromatic N) is 3. The van der Waals surface area contributed by atoms with Crippen LogP contribution in [0, 0.1) is 5.82 Å². The van der Waals surface area contributed by atoms with E-state index < -0.39 is 10.0 Å². The van der Waals surface area contributed by atoms with Crippen LogP contribution >= 0.6 is 0 Å². The summed E-state index contributed by atoms with van der Waals surface area (Å²) in [5.41, 5.74) is 2.24. The van der Waals surface area contributed by atoms with E-state index in [0.717, 1.165) is 16.9 Å². The zero-order valence-corrected chi connectivity index (χ0v) is 19.3. The van der Waals surface area contributed by atoms with Crippen LogP contribution < -0.4 is 5.32 Å². The Balaban J connectivity index is 1.46. The summed E-state index contributed by atoms with van der Waals surface area (Å²) in [5, 5.41) is 2.83. The van der Waals surface area contributed by atoms with Crippen LogP contribution in [-0.4, -0.2) is 54.5 Å². The molecule has 10 heteroatoms. The molecule has 176 valence electrons. The van der Waals surface area contributed by atoms with E-state index in [0.29, 0.717) is 51.3 Å². The summed E-state index contributed by atoms with van der Waals surface area (Å²) >= 11 is 0. The fourth-order valence-corrected chi connectivity index (χ4v) is 5.34. The molecule has 0 bridgehead atoms. The second-order valence-electron chi connectivity index (χ2n) is 7.84. The van der Waals surface area contributed by atoms with Crippen molar-refractivity contribution in [1.29, 1.82) is 0 Å². The van der Waals surface area contributed by atoms with Crippen molar-refractivity contribution in [1.82, 2.24) is 19.2 Å². The second-order valence-corrected chi connectivity index (χ2v) is 9.78. The smallest absolute Gasteiger partial charge is 0.243 e. The highest BCUT2D eigenvalue weighted by molar-refractivity contribution is 7.89. The van der Waals surface area contributed by atoms with Gasteiger partial charge < -0.3 is 14.6 Å². The van der Waals surface area contributed by atoms with Crippen molar-refractivity contribution in [3.63, 3.8) is 0 Å². The summed E-state index contributed by atoms with van der Waals surface area (Å²) < 4.78 is 47.6. The number of amides is 1. The second kappa shape index (κ2) is 9.98. The lowest BCUT2D eigenvalue weighted by Gasteiger charge is -2.26. The van der Waals surface area contributed by atoms with Crippen LogP contribution in [0.2, 0.25) is 0 Å². The lowest BCUT2D eigenvalue weighted by molar-refractivity contribution is -0.121. The van der Waals surface area contributed by atoms with Gasteiger partial charge in [-0.1, -0.05) is 12.1 Å². The van der Waals surface area contributed by atoms with Crippen LogP contribution in [0.5, 0.6) is 0 Å². The monoisotopic (exact) mass is 474 g/mol. The van der Waals surface area contributed by atoms with Crippen molar-refractivity contribution in [3.8, 4) is 0 Å². The third kappa shape index (κ3) is 5.23. The molecule has 1 aromatic heterocycles. The molecule has 3 aromatic rings. The van der Waals surface area contributed by atoms with Crippen LogP contribution in [0.15, 0.2) is 47.4 Å². The number of hydrogen-bond acceptors (Lipinski definition) is 5. The summed E-state index contributed by atoms with van der Waals surface area (Å²) in [6, 6.07) is 11.0. The number of fused-ring (bicyclic) bond motifs is 1. The quantitative estimate of drug-likeness (QED) is 0.541. The minimum atomic E-state index is -3.61. The van der Waals surface area contributed by atoms with Gasteiger partial charge in [-0.3, -0.25) is 4.79 Å². The van der Waals surface area contributed by atoms with Crippen molar-refractivity contribution in [2.75, 3.05) is 26.3 Å². The van der Waals surface area contributed by atoms with Gasteiger partial charge in [-0.05, 0) is 42.8 Å². The number of hydrogen-bond donors (Lipinski definition) is 1. The van der Waals surface area contributed by atoms with Crippen molar-refractivity contribution in [2.45, 2.75) is 37.8 Å². The van der Waals surface area contributed by atoms with Crippen LogP contribution in [-0.2, 0) is 39.1 Å². The molecule has 33 heavy (non-hydrogen) atoms. The minimum absolute atomic E-state index is 0.135. The molecule has 2 aromatic carbocycles. The molecular formula is C23H27FN4O4S. The zero-order chi connectivity index (χ0) is 23.4. The molecule has 0 atom stereocenters. The highest BCUT2D eigenvalue weighted by Gasteiger charge is 2.27. The van der Waals surface area contributed by atoms with Gasteiger partial charge in [-0.15, -0.1) is 0 Å². The highest BCUT2D eigenvalue weighted by Crippen LogP contribution is 2.24. The SMILES string of the molecule is CCn1c(CCC(=O)NCc2ccc(F)cc2)nc2cc(S(=O)(=O)N3CCOCC3)ccc21. The van der Waals surface area contributed by atoms with Crippen LogP contribution in [0.25, 0.3) is 11.0 Å². The van der Waals surface area contributed by atoms with E-state index in [1.165, 1.54) is 16.4 Å². The lowest BCUT2D eigenvalue weighted by Crippen LogP contribution is -2.40. The maximum absolute atomic E-state index is 13.0. The number of nitrogens with one attached hydrogen (secondary N) is 1. The molecule has 1 aliphatic heterocycles. The highest BCUT2D eigenvalue weighted by atomic mass is 32.2. The number of imidazole rings is 1.